The highest BCUT2D eigenvalue weighted by molar-refractivity contribution is 7.13. The molecule has 0 radical (unpaired) electrons. The average molecular weight is 293 g/mol. The lowest BCUT2D eigenvalue weighted by atomic mass is 10.1. The Bertz CT molecular complexity index is 612. The van der Waals surface area contributed by atoms with Gasteiger partial charge in [0.25, 0.3) is 0 Å². The van der Waals surface area contributed by atoms with Crippen molar-refractivity contribution in [3.8, 4) is 0 Å². The Morgan fingerprint density at radius 3 is 2.90 bits per heavy atom. The lowest BCUT2D eigenvalue weighted by molar-refractivity contribution is -0.114. The molecule has 0 spiro atoms. The number of amides is 1. The van der Waals surface area contributed by atoms with Crippen LogP contribution in [-0.2, 0) is 24.2 Å². The van der Waals surface area contributed by atoms with Crippen molar-refractivity contribution in [3.05, 3.63) is 46.2 Å². The monoisotopic (exact) mass is 293 g/mol. The molecule has 0 atom stereocenters. The highest BCUT2D eigenvalue weighted by Crippen LogP contribution is 2.17. The van der Waals surface area contributed by atoms with E-state index in [-0.39, 0.29) is 18.3 Å². The summed E-state index contributed by atoms with van der Waals surface area (Å²) in [5, 5.41) is 5.14. The van der Waals surface area contributed by atoms with Gasteiger partial charge in [-0.3, -0.25) is 4.79 Å². The van der Waals surface area contributed by atoms with E-state index >= 15 is 0 Å². The maximum atomic E-state index is 13.6. The van der Waals surface area contributed by atoms with Gasteiger partial charge in [0.2, 0.25) is 5.91 Å². The Morgan fingerprint density at radius 1 is 1.45 bits per heavy atom. The fraction of sp³-hybridized carbons (Fsp3) is 0.286. The summed E-state index contributed by atoms with van der Waals surface area (Å²) in [5.74, 6) is -0.396. The highest BCUT2D eigenvalue weighted by Gasteiger charge is 2.06. The Hall–Kier alpha value is -1.79. The minimum Gasteiger partial charge on any atom is -0.326 e. The van der Waals surface area contributed by atoms with E-state index in [1.807, 2.05) is 11.4 Å². The molecule has 0 bridgehead atoms. The molecule has 106 valence electrons. The molecule has 0 aliphatic carbocycles. The number of anilines is 1. The Balaban J connectivity index is 1.96. The minimum absolute atomic E-state index is 0.134. The summed E-state index contributed by atoms with van der Waals surface area (Å²) < 4.78 is 13.6. The van der Waals surface area contributed by atoms with Crippen molar-refractivity contribution in [3.63, 3.8) is 0 Å². The number of nitrogens with zero attached hydrogens (tertiary/aromatic N) is 1. The lowest BCUT2D eigenvalue weighted by Crippen LogP contribution is -2.05. The fourth-order valence-electron chi connectivity index (χ4n) is 1.81. The van der Waals surface area contributed by atoms with Gasteiger partial charge in [0.1, 0.15) is 5.82 Å². The van der Waals surface area contributed by atoms with Crippen molar-refractivity contribution in [1.82, 2.24) is 4.98 Å². The molecule has 0 saturated heterocycles. The van der Waals surface area contributed by atoms with Crippen LogP contribution in [0.1, 0.15) is 23.7 Å². The number of hydrogen-bond acceptors (Lipinski definition) is 4. The molecular weight excluding hydrogens is 277 g/mol. The van der Waals surface area contributed by atoms with Crippen LogP contribution in [0.5, 0.6) is 0 Å². The lowest BCUT2D eigenvalue weighted by Gasteiger charge is -2.03. The second-order valence-electron chi connectivity index (χ2n) is 4.46. The molecule has 3 N–H and O–H groups in total. The third-order valence-electron chi connectivity index (χ3n) is 2.84. The van der Waals surface area contributed by atoms with Gasteiger partial charge in [-0.2, -0.15) is 0 Å². The van der Waals surface area contributed by atoms with E-state index in [1.54, 1.807) is 6.07 Å². The predicted octanol–water partition coefficient (Wildman–Crippen LogP) is 2.48. The number of aryl methyl sites for hydroxylation is 2. The van der Waals surface area contributed by atoms with Crippen LogP contribution in [0.4, 0.5) is 9.52 Å². The fourth-order valence-corrected chi connectivity index (χ4v) is 2.60. The first-order valence-electron chi connectivity index (χ1n) is 6.28. The SMILES string of the molecule is CC(=O)Nc1nc(CCc2ccc(CN)c(F)c2)cs1. The molecule has 0 saturated carbocycles. The zero-order valence-electron chi connectivity index (χ0n) is 11.1. The van der Waals surface area contributed by atoms with E-state index in [9.17, 15) is 9.18 Å². The van der Waals surface area contributed by atoms with Crippen LogP contribution in [0.2, 0.25) is 0 Å². The van der Waals surface area contributed by atoms with E-state index < -0.39 is 0 Å². The van der Waals surface area contributed by atoms with Crippen molar-refractivity contribution < 1.29 is 9.18 Å². The van der Waals surface area contributed by atoms with Crippen LogP contribution in [0, 0.1) is 5.82 Å². The third-order valence-corrected chi connectivity index (χ3v) is 3.65. The van der Waals surface area contributed by atoms with Crippen LogP contribution in [-0.4, -0.2) is 10.9 Å². The van der Waals surface area contributed by atoms with Gasteiger partial charge in [-0.05, 0) is 24.5 Å². The van der Waals surface area contributed by atoms with E-state index in [4.69, 9.17) is 5.73 Å². The minimum atomic E-state index is -0.262. The molecule has 1 amide bonds. The highest BCUT2D eigenvalue weighted by atomic mass is 32.1. The van der Waals surface area contributed by atoms with Gasteiger partial charge in [-0.25, -0.2) is 9.37 Å². The normalized spacial score (nSPS) is 10.6. The first-order valence-corrected chi connectivity index (χ1v) is 7.16. The molecule has 0 fully saturated rings. The van der Waals surface area contributed by atoms with Crippen LogP contribution in [0.25, 0.3) is 0 Å². The van der Waals surface area contributed by atoms with Crippen molar-refractivity contribution in [2.24, 2.45) is 5.73 Å². The number of hydrogen-bond donors (Lipinski definition) is 2. The smallest absolute Gasteiger partial charge is 0.223 e. The van der Waals surface area contributed by atoms with E-state index in [2.05, 4.69) is 10.3 Å². The average Bonchev–Trinajstić information content (AvgIpc) is 2.83. The molecule has 20 heavy (non-hydrogen) atoms. The van der Waals surface area contributed by atoms with Crippen LogP contribution < -0.4 is 11.1 Å². The summed E-state index contributed by atoms with van der Waals surface area (Å²) in [6, 6.07) is 5.12. The zero-order valence-corrected chi connectivity index (χ0v) is 12.0. The van der Waals surface area contributed by atoms with Crippen molar-refractivity contribution in [2.45, 2.75) is 26.3 Å². The van der Waals surface area contributed by atoms with Crippen molar-refractivity contribution in [2.75, 3.05) is 5.32 Å². The zero-order chi connectivity index (χ0) is 14.5. The first-order chi connectivity index (χ1) is 9.58. The molecule has 4 nitrogen and oxygen atoms in total. The summed E-state index contributed by atoms with van der Waals surface area (Å²) in [5.41, 5.74) is 7.75. The standard InChI is InChI=1S/C14H16FN3OS/c1-9(19)17-14-18-12(8-20-14)5-3-10-2-4-11(7-16)13(15)6-10/h2,4,6,8H,3,5,7,16H2,1H3,(H,17,18,19). The van der Waals surface area contributed by atoms with Crippen LogP contribution in [0.3, 0.4) is 0 Å². The Morgan fingerprint density at radius 2 is 2.25 bits per heavy atom. The third kappa shape index (κ3) is 3.85. The Kier molecular flexibility index (Phi) is 4.81. The van der Waals surface area contributed by atoms with E-state index in [0.29, 0.717) is 23.5 Å². The van der Waals surface area contributed by atoms with Gasteiger partial charge in [-0.15, -0.1) is 11.3 Å². The molecule has 0 unspecified atom stereocenters. The number of carbonyl (C=O) groups is 1. The van der Waals surface area contributed by atoms with Gasteiger partial charge >= 0.3 is 0 Å². The van der Waals surface area contributed by atoms with Gasteiger partial charge in [0, 0.05) is 24.4 Å². The molecule has 1 aromatic heterocycles. The van der Waals surface area contributed by atoms with E-state index in [1.165, 1.54) is 24.3 Å². The largest absolute Gasteiger partial charge is 0.326 e. The van der Waals surface area contributed by atoms with Gasteiger partial charge in [0.15, 0.2) is 5.13 Å². The molecule has 2 aromatic rings. The number of rotatable bonds is 5. The van der Waals surface area contributed by atoms with Crippen molar-refractivity contribution in [1.29, 1.82) is 0 Å². The number of nitrogens with one attached hydrogen (secondary N) is 1. The number of thiazole rings is 1. The van der Waals surface area contributed by atoms with Gasteiger partial charge < -0.3 is 11.1 Å². The Labute approximate surface area is 120 Å². The molecule has 0 aliphatic rings. The molecule has 0 aliphatic heterocycles. The number of carbonyl (C=O) groups excluding carboxylic acids is 1. The molecule has 1 heterocycles. The van der Waals surface area contributed by atoms with Crippen LogP contribution in [0.15, 0.2) is 23.6 Å². The summed E-state index contributed by atoms with van der Waals surface area (Å²) in [6.07, 6.45) is 1.41. The summed E-state index contributed by atoms with van der Waals surface area (Å²) in [4.78, 5) is 15.2. The summed E-state index contributed by atoms with van der Waals surface area (Å²) in [7, 11) is 0. The maximum absolute atomic E-state index is 13.6. The number of halogens is 1. The summed E-state index contributed by atoms with van der Waals surface area (Å²) in [6.45, 7) is 1.65. The molecule has 2 rings (SSSR count). The van der Waals surface area contributed by atoms with E-state index in [0.717, 1.165) is 11.3 Å². The van der Waals surface area contributed by atoms with Gasteiger partial charge in [-0.1, -0.05) is 12.1 Å². The maximum Gasteiger partial charge on any atom is 0.223 e. The number of benzene rings is 1. The second kappa shape index (κ2) is 6.58. The van der Waals surface area contributed by atoms with Gasteiger partial charge in [0.05, 0.1) is 5.69 Å². The molecule has 6 heteroatoms. The second-order valence-corrected chi connectivity index (χ2v) is 5.31. The first kappa shape index (κ1) is 14.6. The molecule has 1 aromatic carbocycles. The number of nitrogens with two attached hydrogens (primary N) is 1. The van der Waals surface area contributed by atoms with Crippen LogP contribution >= 0.6 is 11.3 Å². The van der Waals surface area contributed by atoms with Crippen molar-refractivity contribution >= 4 is 22.4 Å². The topological polar surface area (TPSA) is 68.0 Å². The summed E-state index contributed by atoms with van der Waals surface area (Å²) >= 11 is 1.39. The number of aromatic nitrogens is 1. The quantitative estimate of drug-likeness (QED) is 0.890. The molecular formula is C14H16FN3OS. The predicted molar refractivity (Wildman–Crippen MR) is 78.1 cm³/mol.